The molecule has 1 saturated carbocycles. The van der Waals surface area contributed by atoms with Crippen LogP contribution in [0.15, 0.2) is 37.1 Å². The Morgan fingerprint density at radius 3 is 2.10 bits per heavy atom. The third-order valence-corrected chi connectivity index (χ3v) is 4.12. The molecule has 1 aliphatic carbocycles. The molecule has 0 atom stereocenters. The van der Waals surface area contributed by atoms with Crippen molar-refractivity contribution < 1.29 is 14.3 Å². The fraction of sp³-hybridized carbons (Fsp3) is 0.375. The maximum absolute atomic E-state index is 12.4. The Hall–Kier alpha value is -2.10. The van der Waals surface area contributed by atoms with Crippen molar-refractivity contribution >= 4 is 11.8 Å². The third kappa shape index (κ3) is 2.01. The van der Waals surface area contributed by atoms with Gasteiger partial charge in [-0.15, -0.1) is 0 Å². The molecule has 20 heavy (non-hydrogen) atoms. The van der Waals surface area contributed by atoms with Crippen LogP contribution in [-0.2, 0) is 4.74 Å². The van der Waals surface area contributed by atoms with Gasteiger partial charge in [0.25, 0.3) is 11.8 Å². The molecular weight excluding hydrogens is 254 g/mol. The van der Waals surface area contributed by atoms with E-state index in [-0.39, 0.29) is 24.0 Å². The normalized spacial score (nSPS) is 25.5. The number of benzene rings is 1. The Kier molecular flexibility index (Phi) is 3.30. The SMILES string of the molecule is C=COC1CCC(N2C(=O)c3ccccc3C2=O)CC1. The molecule has 1 fully saturated rings. The van der Waals surface area contributed by atoms with Crippen LogP contribution in [0.3, 0.4) is 0 Å². The van der Waals surface area contributed by atoms with Gasteiger partial charge in [-0.2, -0.15) is 0 Å². The van der Waals surface area contributed by atoms with Crippen molar-refractivity contribution in [1.82, 2.24) is 4.90 Å². The summed E-state index contributed by atoms with van der Waals surface area (Å²) in [6, 6.07) is 7.03. The molecule has 4 nitrogen and oxygen atoms in total. The largest absolute Gasteiger partial charge is 0.499 e. The molecule has 0 bridgehead atoms. The Morgan fingerprint density at radius 2 is 1.60 bits per heavy atom. The summed E-state index contributed by atoms with van der Waals surface area (Å²) in [6.07, 6.45) is 4.92. The number of ether oxygens (including phenoxy) is 1. The van der Waals surface area contributed by atoms with E-state index < -0.39 is 0 Å². The number of carbonyl (C=O) groups is 2. The summed E-state index contributed by atoms with van der Waals surface area (Å²) in [5.74, 6) is -0.308. The molecule has 1 aromatic rings. The first-order valence-corrected chi connectivity index (χ1v) is 6.95. The van der Waals surface area contributed by atoms with Gasteiger partial charge in [-0.05, 0) is 37.8 Å². The summed E-state index contributed by atoms with van der Waals surface area (Å²) in [5.41, 5.74) is 1.06. The zero-order valence-corrected chi connectivity index (χ0v) is 11.2. The van der Waals surface area contributed by atoms with Crippen LogP contribution in [-0.4, -0.2) is 28.9 Å². The smallest absolute Gasteiger partial charge is 0.261 e. The Labute approximate surface area is 118 Å². The molecule has 0 saturated heterocycles. The first-order chi connectivity index (χ1) is 9.72. The number of hydrogen-bond donors (Lipinski definition) is 0. The van der Waals surface area contributed by atoms with E-state index in [1.807, 2.05) is 0 Å². The molecule has 0 spiro atoms. The van der Waals surface area contributed by atoms with Gasteiger partial charge >= 0.3 is 0 Å². The summed E-state index contributed by atoms with van der Waals surface area (Å²) >= 11 is 0. The van der Waals surface area contributed by atoms with Crippen molar-refractivity contribution in [1.29, 1.82) is 0 Å². The second kappa shape index (κ2) is 5.12. The van der Waals surface area contributed by atoms with Gasteiger partial charge in [0.1, 0.15) is 0 Å². The fourth-order valence-electron chi connectivity index (χ4n) is 3.12. The average Bonchev–Trinajstić information content (AvgIpc) is 2.73. The van der Waals surface area contributed by atoms with Gasteiger partial charge in [-0.1, -0.05) is 18.7 Å². The van der Waals surface area contributed by atoms with Crippen LogP contribution in [0, 0.1) is 0 Å². The average molecular weight is 271 g/mol. The maximum atomic E-state index is 12.4. The lowest BCUT2D eigenvalue weighted by Crippen LogP contribution is -2.42. The van der Waals surface area contributed by atoms with E-state index in [9.17, 15) is 9.59 Å². The van der Waals surface area contributed by atoms with E-state index in [4.69, 9.17) is 4.74 Å². The van der Waals surface area contributed by atoms with E-state index in [0.717, 1.165) is 25.7 Å². The number of carbonyl (C=O) groups excluding carboxylic acids is 2. The minimum Gasteiger partial charge on any atom is -0.499 e. The van der Waals surface area contributed by atoms with E-state index in [1.165, 1.54) is 11.2 Å². The second-order valence-corrected chi connectivity index (χ2v) is 5.26. The molecule has 1 aromatic carbocycles. The van der Waals surface area contributed by atoms with Gasteiger partial charge in [0.05, 0.1) is 23.5 Å². The molecule has 0 aromatic heterocycles. The van der Waals surface area contributed by atoms with Crippen molar-refractivity contribution in [2.24, 2.45) is 0 Å². The monoisotopic (exact) mass is 271 g/mol. The highest BCUT2D eigenvalue weighted by atomic mass is 16.5. The first-order valence-electron chi connectivity index (χ1n) is 6.95. The number of imide groups is 1. The molecule has 2 amide bonds. The highest BCUT2D eigenvalue weighted by Crippen LogP contribution is 2.31. The minimum atomic E-state index is -0.154. The zero-order valence-electron chi connectivity index (χ0n) is 11.2. The fourth-order valence-corrected chi connectivity index (χ4v) is 3.12. The van der Waals surface area contributed by atoms with E-state index in [2.05, 4.69) is 6.58 Å². The van der Waals surface area contributed by atoms with Crippen LogP contribution in [0.5, 0.6) is 0 Å². The van der Waals surface area contributed by atoms with Crippen molar-refractivity contribution in [2.45, 2.75) is 37.8 Å². The van der Waals surface area contributed by atoms with Crippen molar-refractivity contribution in [3.63, 3.8) is 0 Å². The third-order valence-electron chi connectivity index (χ3n) is 4.12. The highest BCUT2D eigenvalue weighted by Gasteiger charge is 2.40. The molecule has 1 heterocycles. The van der Waals surface area contributed by atoms with Gasteiger partial charge < -0.3 is 4.74 Å². The van der Waals surface area contributed by atoms with E-state index in [1.54, 1.807) is 24.3 Å². The number of nitrogens with zero attached hydrogens (tertiary/aromatic N) is 1. The van der Waals surface area contributed by atoms with Gasteiger partial charge in [-0.3, -0.25) is 14.5 Å². The zero-order chi connectivity index (χ0) is 14.1. The van der Waals surface area contributed by atoms with Gasteiger partial charge in [0.15, 0.2) is 0 Å². The predicted molar refractivity (Wildman–Crippen MR) is 74.3 cm³/mol. The maximum Gasteiger partial charge on any atom is 0.261 e. The highest BCUT2D eigenvalue weighted by molar-refractivity contribution is 6.21. The molecule has 1 aliphatic heterocycles. The molecule has 2 aliphatic rings. The summed E-state index contributed by atoms with van der Waals surface area (Å²) in [5, 5.41) is 0. The molecule has 3 rings (SSSR count). The molecule has 0 N–H and O–H groups in total. The van der Waals surface area contributed by atoms with E-state index >= 15 is 0 Å². The minimum absolute atomic E-state index is 0.00735. The number of rotatable bonds is 3. The quantitative estimate of drug-likeness (QED) is 0.627. The first kappa shape index (κ1) is 12.9. The van der Waals surface area contributed by atoms with Crippen molar-refractivity contribution in [2.75, 3.05) is 0 Å². The van der Waals surface area contributed by atoms with Crippen LogP contribution in [0.2, 0.25) is 0 Å². The summed E-state index contributed by atoms with van der Waals surface area (Å²) in [7, 11) is 0. The lowest BCUT2D eigenvalue weighted by Gasteiger charge is -2.32. The van der Waals surface area contributed by atoms with Crippen LogP contribution in [0.1, 0.15) is 46.4 Å². The van der Waals surface area contributed by atoms with Gasteiger partial charge in [-0.25, -0.2) is 0 Å². The predicted octanol–water partition coefficient (Wildman–Crippen LogP) is 2.75. The lowest BCUT2D eigenvalue weighted by molar-refractivity contribution is 0.0421. The lowest BCUT2D eigenvalue weighted by atomic mass is 9.92. The second-order valence-electron chi connectivity index (χ2n) is 5.26. The van der Waals surface area contributed by atoms with Crippen LogP contribution in [0.25, 0.3) is 0 Å². The van der Waals surface area contributed by atoms with Crippen LogP contribution < -0.4 is 0 Å². The van der Waals surface area contributed by atoms with Crippen molar-refractivity contribution in [3.05, 3.63) is 48.2 Å². The summed E-state index contributed by atoms with van der Waals surface area (Å²) in [6.45, 7) is 3.56. The molecule has 0 unspecified atom stereocenters. The van der Waals surface area contributed by atoms with Gasteiger partial charge in [0, 0.05) is 6.04 Å². The standard InChI is InChI=1S/C16H17NO3/c1-2-20-12-9-7-11(8-10-12)17-15(18)13-5-3-4-6-14(13)16(17)19/h2-6,11-12H,1,7-10H2. The van der Waals surface area contributed by atoms with Crippen LogP contribution >= 0.6 is 0 Å². The number of fused-ring (bicyclic) bond motifs is 1. The summed E-state index contributed by atoms with van der Waals surface area (Å²) < 4.78 is 5.38. The number of amides is 2. The van der Waals surface area contributed by atoms with Crippen LogP contribution in [0.4, 0.5) is 0 Å². The molecule has 0 radical (unpaired) electrons. The summed E-state index contributed by atoms with van der Waals surface area (Å²) in [4.78, 5) is 26.2. The Balaban J connectivity index is 1.76. The topological polar surface area (TPSA) is 46.6 Å². The van der Waals surface area contributed by atoms with Gasteiger partial charge in [0.2, 0.25) is 0 Å². The molecule has 4 heteroatoms. The Bertz CT molecular complexity index is 524. The Morgan fingerprint density at radius 1 is 1.05 bits per heavy atom. The molecule has 104 valence electrons. The number of hydrogen-bond acceptors (Lipinski definition) is 3. The van der Waals surface area contributed by atoms with E-state index in [0.29, 0.717) is 11.1 Å². The molecular formula is C16H17NO3. The van der Waals surface area contributed by atoms with Crippen molar-refractivity contribution in [3.8, 4) is 0 Å².